The highest BCUT2D eigenvalue weighted by Gasteiger charge is 2.41. The van der Waals surface area contributed by atoms with Gasteiger partial charge in [-0.25, -0.2) is 0 Å². The first-order valence-corrected chi connectivity index (χ1v) is 3.95. The Balaban J connectivity index is 2.67. The van der Waals surface area contributed by atoms with Gasteiger partial charge in [0.25, 0.3) is 0 Å². The Morgan fingerprint density at radius 2 is 2.08 bits per heavy atom. The van der Waals surface area contributed by atoms with Crippen LogP contribution in [-0.2, 0) is 9.59 Å². The number of hydrogen-bond acceptors (Lipinski definition) is 2. The van der Waals surface area contributed by atoms with Gasteiger partial charge in [-0.1, -0.05) is 0 Å². The van der Waals surface area contributed by atoms with Gasteiger partial charge in [0.05, 0.1) is 5.41 Å². The van der Waals surface area contributed by atoms with Crippen molar-refractivity contribution in [1.29, 1.82) is 0 Å². The number of nitrogens with zero attached hydrogens (tertiary/aromatic N) is 1. The second-order valence-electron chi connectivity index (χ2n) is 3.56. The maximum Gasteiger partial charge on any atom is 0.311 e. The number of carboxylic acids is 1. The van der Waals surface area contributed by atoms with E-state index in [0.717, 1.165) is 0 Å². The Morgan fingerprint density at radius 1 is 1.50 bits per heavy atom. The SMILES string of the molecule is CC(=O)N1CCC(C)(C(=O)O)C1. The van der Waals surface area contributed by atoms with Gasteiger partial charge in [0.1, 0.15) is 0 Å². The summed E-state index contributed by atoms with van der Waals surface area (Å²) in [7, 11) is 0. The van der Waals surface area contributed by atoms with Crippen LogP contribution in [-0.4, -0.2) is 35.0 Å². The Labute approximate surface area is 71.2 Å². The van der Waals surface area contributed by atoms with Gasteiger partial charge < -0.3 is 10.0 Å². The third-order valence-corrected chi connectivity index (χ3v) is 2.43. The average molecular weight is 171 g/mol. The van der Waals surface area contributed by atoms with E-state index >= 15 is 0 Å². The molecule has 0 aromatic rings. The molecule has 0 aromatic carbocycles. The van der Waals surface area contributed by atoms with E-state index in [2.05, 4.69) is 0 Å². The molecule has 1 fully saturated rings. The maximum absolute atomic E-state index is 10.9. The second kappa shape index (κ2) is 2.77. The van der Waals surface area contributed by atoms with Gasteiger partial charge in [-0.2, -0.15) is 0 Å². The molecule has 4 nitrogen and oxygen atoms in total. The van der Waals surface area contributed by atoms with Crippen LogP contribution in [0.25, 0.3) is 0 Å². The summed E-state index contributed by atoms with van der Waals surface area (Å²) in [5.74, 6) is -0.855. The third-order valence-electron chi connectivity index (χ3n) is 2.43. The van der Waals surface area contributed by atoms with E-state index in [1.807, 2.05) is 0 Å². The molecule has 1 unspecified atom stereocenters. The van der Waals surface area contributed by atoms with Crippen LogP contribution in [0.1, 0.15) is 20.3 Å². The molecule has 1 saturated heterocycles. The first-order chi connectivity index (χ1) is 5.46. The molecule has 0 radical (unpaired) electrons. The molecular weight excluding hydrogens is 158 g/mol. The Morgan fingerprint density at radius 3 is 2.33 bits per heavy atom. The van der Waals surface area contributed by atoms with Crippen LogP contribution in [0.3, 0.4) is 0 Å². The second-order valence-corrected chi connectivity index (χ2v) is 3.56. The molecule has 0 saturated carbocycles. The molecule has 1 N–H and O–H groups in total. The molecule has 1 rings (SSSR count). The number of rotatable bonds is 1. The largest absolute Gasteiger partial charge is 0.481 e. The fourth-order valence-corrected chi connectivity index (χ4v) is 1.40. The predicted molar refractivity (Wildman–Crippen MR) is 42.6 cm³/mol. The van der Waals surface area contributed by atoms with Gasteiger partial charge >= 0.3 is 5.97 Å². The smallest absolute Gasteiger partial charge is 0.311 e. The van der Waals surface area contributed by atoms with Crippen molar-refractivity contribution in [3.05, 3.63) is 0 Å². The minimum absolute atomic E-state index is 0.0417. The summed E-state index contributed by atoms with van der Waals surface area (Å²) >= 11 is 0. The van der Waals surface area contributed by atoms with Crippen molar-refractivity contribution in [2.24, 2.45) is 5.41 Å². The first kappa shape index (κ1) is 9.03. The van der Waals surface area contributed by atoms with Crippen molar-refractivity contribution in [3.63, 3.8) is 0 Å². The summed E-state index contributed by atoms with van der Waals surface area (Å²) in [6.07, 6.45) is 0.557. The molecule has 12 heavy (non-hydrogen) atoms. The summed E-state index contributed by atoms with van der Waals surface area (Å²) < 4.78 is 0. The maximum atomic E-state index is 10.9. The predicted octanol–water partition coefficient (Wildman–Crippen LogP) is 0.329. The molecule has 68 valence electrons. The molecule has 4 heteroatoms. The minimum atomic E-state index is -0.814. The number of hydrogen-bond donors (Lipinski definition) is 1. The molecule has 0 bridgehead atoms. The summed E-state index contributed by atoms with van der Waals surface area (Å²) in [5.41, 5.74) is -0.730. The third kappa shape index (κ3) is 1.42. The van der Waals surface area contributed by atoms with Crippen LogP contribution in [0.15, 0.2) is 0 Å². The van der Waals surface area contributed by atoms with E-state index in [4.69, 9.17) is 5.11 Å². The van der Waals surface area contributed by atoms with Crippen molar-refractivity contribution < 1.29 is 14.7 Å². The van der Waals surface area contributed by atoms with Crippen LogP contribution < -0.4 is 0 Å². The van der Waals surface area contributed by atoms with E-state index < -0.39 is 11.4 Å². The lowest BCUT2D eigenvalue weighted by molar-refractivity contribution is -0.147. The number of carbonyl (C=O) groups excluding carboxylic acids is 1. The Bertz CT molecular complexity index is 226. The van der Waals surface area contributed by atoms with E-state index in [1.165, 1.54) is 6.92 Å². The van der Waals surface area contributed by atoms with Gasteiger partial charge in [-0.15, -0.1) is 0 Å². The monoisotopic (exact) mass is 171 g/mol. The zero-order valence-electron chi connectivity index (χ0n) is 7.33. The average Bonchev–Trinajstić information content (AvgIpc) is 2.33. The van der Waals surface area contributed by atoms with E-state index in [9.17, 15) is 9.59 Å². The Hall–Kier alpha value is -1.06. The van der Waals surface area contributed by atoms with Gasteiger partial charge in [0, 0.05) is 20.0 Å². The summed E-state index contributed by atoms with van der Waals surface area (Å²) in [6, 6.07) is 0. The van der Waals surface area contributed by atoms with Gasteiger partial charge in [0.2, 0.25) is 5.91 Å². The number of amides is 1. The van der Waals surface area contributed by atoms with Crippen LogP contribution in [0.4, 0.5) is 0 Å². The quantitative estimate of drug-likeness (QED) is 0.618. The van der Waals surface area contributed by atoms with Crippen LogP contribution in [0, 0.1) is 5.41 Å². The zero-order valence-corrected chi connectivity index (χ0v) is 7.33. The Kier molecular flexibility index (Phi) is 2.08. The summed E-state index contributed by atoms with van der Waals surface area (Å²) in [5, 5.41) is 8.83. The summed E-state index contributed by atoms with van der Waals surface area (Å²) in [4.78, 5) is 23.2. The zero-order chi connectivity index (χ0) is 9.35. The van der Waals surface area contributed by atoms with Gasteiger partial charge in [0.15, 0.2) is 0 Å². The lowest BCUT2D eigenvalue weighted by Gasteiger charge is -2.18. The van der Waals surface area contributed by atoms with Crippen molar-refractivity contribution in [1.82, 2.24) is 4.90 Å². The normalized spacial score (nSPS) is 29.0. The van der Waals surface area contributed by atoms with Crippen molar-refractivity contribution in [2.75, 3.05) is 13.1 Å². The number of carboxylic acid groups (broad SMARTS) is 1. The minimum Gasteiger partial charge on any atom is -0.481 e. The van der Waals surface area contributed by atoms with Crippen LogP contribution >= 0.6 is 0 Å². The van der Waals surface area contributed by atoms with E-state index in [-0.39, 0.29) is 5.91 Å². The fraction of sp³-hybridized carbons (Fsp3) is 0.750. The van der Waals surface area contributed by atoms with Gasteiger partial charge in [-0.3, -0.25) is 9.59 Å². The van der Waals surface area contributed by atoms with Crippen LogP contribution in [0.2, 0.25) is 0 Å². The molecule has 0 spiro atoms. The van der Waals surface area contributed by atoms with Gasteiger partial charge in [-0.05, 0) is 13.3 Å². The topological polar surface area (TPSA) is 57.6 Å². The highest BCUT2D eigenvalue weighted by molar-refractivity contribution is 5.79. The molecule has 0 aliphatic carbocycles. The number of carbonyl (C=O) groups is 2. The number of aliphatic carboxylic acids is 1. The molecule has 1 atom stereocenters. The molecule has 1 aliphatic heterocycles. The standard InChI is InChI=1S/C8H13NO3/c1-6(10)9-4-3-8(2,5-9)7(11)12/h3-5H2,1-2H3,(H,11,12). The highest BCUT2D eigenvalue weighted by atomic mass is 16.4. The van der Waals surface area contributed by atoms with Crippen molar-refractivity contribution in [2.45, 2.75) is 20.3 Å². The lowest BCUT2D eigenvalue weighted by Crippen LogP contribution is -2.33. The van der Waals surface area contributed by atoms with E-state index in [0.29, 0.717) is 19.5 Å². The molecule has 1 heterocycles. The van der Waals surface area contributed by atoms with Crippen LogP contribution in [0.5, 0.6) is 0 Å². The lowest BCUT2D eigenvalue weighted by atomic mass is 9.90. The molecule has 1 aliphatic rings. The van der Waals surface area contributed by atoms with Crippen molar-refractivity contribution >= 4 is 11.9 Å². The first-order valence-electron chi connectivity index (χ1n) is 3.95. The van der Waals surface area contributed by atoms with E-state index in [1.54, 1.807) is 11.8 Å². The highest BCUT2D eigenvalue weighted by Crippen LogP contribution is 2.29. The molecule has 0 aromatic heterocycles. The number of likely N-dealkylation sites (tertiary alicyclic amines) is 1. The summed E-state index contributed by atoms with van der Waals surface area (Å²) in [6.45, 7) is 4.06. The molecule has 1 amide bonds. The fourth-order valence-electron chi connectivity index (χ4n) is 1.40. The van der Waals surface area contributed by atoms with Crippen molar-refractivity contribution in [3.8, 4) is 0 Å². The molecular formula is C8H13NO3.